The summed E-state index contributed by atoms with van der Waals surface area (Å²) in [7, 11) is -1.81. The van der Waals surface area contributed by atoms with Gasteiger partial charge < -0.3 is 0 Å². The van der Waals surface area contributed by atoms with Crippen molar-refractivity contribution in [1.29, 1.82) is 0 Å². The van der Waals surface area contributed by atoms with Crippen LogP contribution in [0.4, 0.5) is 0 Å². The van der Waals surface area contributed by atoms with Crippen molar-refractivity contribution in [3.63, 3.8) is 0 Å². The molecule has 1 nitrogen and oxygen atoms in total. The van der Waals surface area contributed by atoms with Crippen LogP contribution in [0.25, 0.3) is 6.08 Å². The zero-order valence-corrected chi connectivity index (χ0v) is 15.7. The van der Waals surface area contributed by atoms with E-state index in [0.717, 1.165) is 5.56 Å². The van der Waals surface area contributed by atoms with E-state index in [4.69, 9.17) is 0 Å². The van der Waals surface area contributed by atoms with Crippen LogP contribution in [0.1, 0.15) is 47.1 Å². The van der Waals surface area contributed by atoms with E-state index in [1.54, 1.807) is 6.08 Å². The third-order valence-corrected chi connectivity index (χ3v) is 10.8. The van der Waals surface area contributed by atoms with Crippen LogP contribution in [0.5, 0.6) is 0 Å². The van der Waals surface area contributed by atoms with Crippen molar-refractivity contribution in [1.82, 2.24) is 0 Å². The van der Waals surface area contributed by atoms with E-state index < -0.39 is 8.07 Å². The van der Waals surface area contributed by atoms with E-state index >= 15 is 0 Å². The Kier molecular flexibility index (Phi) is 6.84. The van der Waals surface area contributed by atoms with E-state index in [0.29, 0.717) is 16.6 Å². The van der Waals surface area contributed by atoms with Crippen molar-refractivity contribution >= 4 is 19.9 Å². The normalized spacial score (nSPS) is 12.0. The fourth-order valence-electron chi connectivity index (χ4n) is 3.38. The first kappa shape index (κ1) is 18.5. The van der Waals surface area contributed by atoms with E-state index in [2.05, 4.69) is 53.0 Å². The standard InChI is InChI=1S/C20H28OSi/c1-16(2)22(17(3)4,18(5)6)15-14-20(21)13-12-19-10-8-7-9-11-19/h7-13,16-18H,1-6H3/b13-12+. The Labute approximate surface area is 136 Å². The van der Waals surface area contributed by atoms with Gasteiger partial charge in [0.1, 0.15) is 8.07 Å². The van der Waals surface area contributed by atoms with Crippen LogP contribution in [-0.2, 0) is 4.79 Å². The summed E-state index contributed by atoms with van der Waals surface area (Å²) >= 11 is 0. The minimum absolute atomic E-state index is 0.0947. The first-order valence-corrected chi connectivity index (χ1v) is 10.3. The van der Waals surface area contributed by atoms with E-state index in [-0.39, 0.29) is 5.78 Å². The highest BCUT2D eigenvalue weighted by Crippen LogP contribution is 2.40. The number of carbonyl (C=O) groups excluding carboxylic acids is 1. The minimum atomic E-state index is -1.81. The minimum Gasteiger partial charge on any atom is -0.280 e. The number of benzene rings is 1. The molecule has 0 amide bonds. The number of ketones is 1. The van der Waals surface area contributed by atoms with Crippen LogP contribution in [0.3, 0.4) is 0 Å². The molecule has 1 rings (SSSR count). The average Bonchev–Trinajstić information content (AvgIpc) is 2.45. The Hall–Kier alpha value is -1.59. The molecule has 0 aliphatic carbocycles. The molecule has 0 spiro atoms. The highest BCUT2D eigenvalue weighted by Gasteiger charge is 2.41. The van der Waals surface area contributed by atoms with Crippen LogP contribution in [0, 0.1) is 11.5 Å². The number of carbonyl (C=O) groups is 1. The van der Waals surface area contributed by atoms with Crippen LogP contribution < -0.4 is 0 Å². The van der Waals surface area contributed by atoms with E-state index in [9.17, 15) is 4.79 Å². The molecular weight excluding hydrogens is 284 g/mol. The second kappa shape index (κ2) is 8.15. The van der Waals surface area contributed by atoms with Gasteiger partial charge in [-0.05, 0) is 34.2 Å². The Balaban J connectivity index is 2.98. The van der Waals surface area contributed by atoms with Gasteiger partial charge >= 0.3 is 0 Å². The summed E-state index contributed by atoms with van der Waals surface area (Å²) < 4.78 is 0. The van der Waals surface area contributed by atoms with Crippen LogP contribution >= 0.6 is 0 Å². The predicted octanol–water partition coefficient (Wildman–Crippen LogP) is 5.49. The lowest BCUT2D eigenvalue weighted by molar-refractivity contribution is -0.109. The molecule has 1 aromatic carbocycles. The van der Waals surface area contributed by atoms with Crippen molar-refractivity contribution in [3.05, 3.63) is 42.0 Å². The van der Waals surface area contributed by atoms with Crippen molar-refractivity contribution in [2.75, 3.05) is 0 Å². The third-order valence-electron chi connectivity index (χ3n) is 4.49. The Morgan fingerprint density at radius 3 is 1.91 bits per heavy atom. The van der Waals surface area contributed by atoms with Crippen LogP contribution in [0.15, 0.2) is 36.4 Å². The van der Waals surface area contributed by atoms with Gasteiger partial charge in [-0.1, -0.05) is 78.0 Å². The van der Waals surface area contributed by atoms with Crippen molar-refractivity contribution in [3.8, 4) is 11.5 Å². The molecule has 0 bridgehead atoms. The monoisotopic (exact) mass is 312 g/mol. The average molecular weight is 313 g/mol. The summed E-state index contributed by atoms with van der Waals surface area (Å²) in [4.78, 5) is 12.1. The summed E-state index contributed by atoms with van der Waals surface area (Å²) in [5, 5.41) is 0. The van der Waals surface area contributed by atoms with E-state index in [1.807, 2.05) is 36.4 Å². The van der Waals surface area contributed by atoms with Gasteiger partial charge in [-0.3, -0.25) is 4.79 Å². The highest BCUT2D eigenvalue weighted by molar-refractivity contribution is 6.90. The van der Waals surface area contributed by atoms with Gasteiger partial charge in [0, 0.05) is 0 Å². The molecule has 22 heavy (non-hydrogen) atoms. The molecule has 0 radical (unpaired) electrons. The maximum absolute atomic E-state index is 12.1. The quantitative estimate of drug-likeness (QED) is 0.399. The first-order valence-electron chi connectivity index (χ1n) is 8.11. The molecule has 0 heterocycles. The molecule has 0 atom stereocenters. The third kappa shape index (κ3) is 4.45. The van der Waals surface area contributed by atoms with Gasteiger partial charge in [0.2, 0.25) is 5.78 Å². The van der Waals surface area contributed by atoms with Crippen LogP contribution in [0.2, 0.25) is 16.6 Å². The van der Waals surface area contributed by atoms with Gasteiger partial charge in [-0.2, -0.15) is 0 Å². The smallest absolute Gasteiger partial charge is 0.228 e. The molecule has 0 aromatic heterocycles. The molecule has 2 heteroatoms. The fraction of sp³-hybridized carbons (Fsp3) is 0.450. The number of hydrogen-bond acceptors (Lipinski definition) is 1. The SMILES string of the molecule is CC(C)[Si](C#CC(=O)/C=C/c1ccccc1)(C(C)C)C(C)C. The topological polar surface area (TPSA) is 17.1 Å². The Bertz CT molecular complexity index is 549. The molecule has 0 N–H and O–H groups in total. The molecule has 0 aliphatic rings. The maximum atomic E-state index is 12.1. The maximum Gasteiger partial charge on any atom is 0.228 e. The molecule has 0 saturated carbocycles. The highest BCUT2D eigenvalue weighted by atomic mass is 28.3. The number of hydrogen-bond donors (Lipinski definition) is 0. The van der Waals surface area contributed by atoms with Gasteiger partial charge in [0.25, 0.3) is 0 Å². The van der Waals surface area contributed by atoms with Gasteiger partial charge in [0.05, 0.1) is 0 Å². The lowest BCUT2D eigenvalue weighted by Crippen LogP contribution is -2.43. The van der Waals surface area contributed by atoms with Crippen molar-refractivity contribution in [2.24, 2.45) is 0 Å². The molecule has 0 aliphatic heterocycles. The second-order valence-corrected chi connectivity index (χ2v) is 12.3. The summed E-state index contributed by atoms with van der Waals surface area (Å²) in [5.74, 6) is 2.83. The second-order valence-electron chi connectivity index (χ2n) is 6.76. The van der Waals surface area contributed by atoms with Crippen molar-refractivity contribution in [2.45, 2.75) is 58.2 Å². The van der Waals surface area contributed by atoms with Gasteiger partial charge in [-0.15, -0.1) is 5.54 Å². The Morgan fingerprint density at radius 2 is 1.45 bits per heavy atom. The molecule has 0 saturated heterocycles. The lowest BCUT2D eigenvalue weighted by atomic mass is 10.2. The zero-order valence-electron chi connectivity index (χ0n) is 14.7. The lowest BCUT2D eigenvalue weighted by Gasteiger charge is -2.37. The molecule has 0 fully saturated rings. The van der Waals surface area contributed by atoms with Crippen molar-refractivity contribution < 1.29 is 4.79 Å². The predicted molar refractivity (Wildman–Crippen MR) is 99.3 cm³/mol. The largest absolute Gasteiger partial charge is 0.280 e. The van der Waals surface area contributed by atoms with Gasteiger partial charge in [-0.25, -0.2) is 0 Å². The molecule has 118 valence electrons. The number of allylic oxidation sites excluding steroid dienone is 1. The first-order chi connectivity index (χ1) is 10.3. The Morgan fingerprint density at radius 1 is 0.955 bits per heavy atom. The summed E-state index contributed by atoms with van der Waals surface area (Å²) in [6, 6.07) is 9.85. The zero-order chi connectivity index (χ0) is 16.8. The summed E-state index contributed by atoms with van der Waals surface area (Å²) in [6.45, 7) is 13.5. The fourth-order valence-corrected chi connectivity index (χ4v) is 8.59. The number of rotatable bonds is 5. The molecule has 1 aromatic rings. The summed E-state index contributed by atoms with van der Waals surface area (Å²) in [5.41, 5.74) is 6.12. The molecule has 0 unspecified atom stereocenters. The van der Waals surface area contributed by atoms with E-state index in [1.165, 1.54) is 0 Å². The molecular formula is C20H28OSi. The van der Waals surface area contributed by atoms with Gasteiger partial charge in [0.15, 0.2) is 0 Å². The van der Waals surface area contributed by atoms with Crippen LogP contribution in [-0.4, -0.2) is 13.9 Å². The summed E-state index contributed by atoms with van der Waals surface area (Å²) in [6.07, 6.45) is 3.42.